The molecular formula is C25H16FN5O. The number of aromatic hydroxyl groups is 1. The Labute approximate surface area is 181 Å². The number of hydrogen-bond acceptors (Lipinski definition) is 4. The van der Waals surface area contributed by atoms with Crippen molar-refractivity contribution in [1.29, 1.82) is 0 Å². The van der Waals surface area contributed by atoms with Crippen LogP contribution in [0, 0.1) is 5.82 Å². The summed E-state index contributed by atoms with van der Waals surface area (Å²) in [5.41, 5.74) is 6.23. The molecule has 32 heavy (non-hydrogen) atoms. The predicted molar refractivity (Wildman–Crippen MR) is 121 cm³/mol. The van der Waals surface area contributed by atoms with Gasteiger partial charge in [-0.15, -0.1) is 0 Å². The van der Waals surface area contributed by atoms with E-state index in [1.165, 1.54) is 6.07 Å². The Hall–Kier alpha value is -4.52. The molecule has 4 aromatic heterocycles. The zero-order chi connectivity index (χ0) is 21.7. The maximum atomic E-state index is 13.9. The smallest absolute Gasteiger partial charge is 0.155 e. The third-order valence-corrected chi connectivity index (χ3v) is 5.49. The van der Waals surface area contributed by atoms with Gasteiger partial charge in [0, 0.05) is 40.3 Å². The molecular weight excluding hydrogens is 405 g/mol. The molecule has 2 aromatic carbocycles. The van der Waals surface area contributed by atoms with Gasteiger partial charge in [-0.1, -0.05) is 18.2 Å². The van der Waals surface area contributed by atoms with Crippen LogP contribution in [0.4, 0.5) is 4.39 Å². The Bertz CT molecular complexity index is 1580. The van der Waals surface area contributed by atoms with Crippen LogP contribution in [0.15, 0.2) is 79.1 Å². The topological polar surface area (TPSA) is 90.5 Å². The molecule has 0 radical (unpaired) electrons. The Balaban J connectivity index is 1.52. The van der Waals surface area contributed by atoms with Gasteiger partial charge in [-0.3, -0.25) is 10.1 Å². The summed E-state index contributed by atoms with van der Waals surface area (Å²) in [6, 6.07) is 19.5. The molecule has 0 atom stereocenters. The van der Waals surface area contributed by atoms with E-state index in [2.05, 4.69) is 25.1 Å². The summed E-state index contributed by atoms with van der Waals surface area (Å²) in [5, 5.41) is 19.1. The second kappa shape index (κ2) is 7.02. The minimum absolute atomic E-state index is 0.112. The quantitative estimate of drug-likeness (QED) is 0.343. The van der Waals surface area contributed by atoms with Crippen LogP contribution in [0.25, 0.3) is 55.7 Å². The van der Waals surface area contributed by atoms with E-state index in [-0.39, 0.29) is 5.75 Å². The van der Waals surface area contributed by atoms with Crippen LogP contribution < -0.4 is 0 Å². The second-order valence-electron chi connectivity index (χ2n) is 7.56. The molecule has 0 aliphatic heterocycles. The first-order valence-corrected chi connectivity index (χ1v) is 10.0. The maximum Gasteiger partial charge on any atom is 0.155 e. The Kier molecular flexibility index (Phi) is 4.01. The number of halogens is 1. The first-order chi connectivity index (χ1) is 15.7. The molecule has 0 fully saturated rings. The van der Waals surface area contributed by atoms with Gasteiger partial charge in [-0.05, 0) is 53.6 Å². The van der Waals surface area contributed by atoms with E-state index in [9.17, 15) is 9.50 Å². The summed E-state index contributed by atoms with van der Waals surface area (Å²) in [4.78, 5) is 12.3. The van der Waals surface area contributed by atoms with E-state index in [1.54, 1.807) is 18.5 Å². The first kappa shape index (κ1) is 18.3. The van der Waals surface area contributed by atoms with Crippen molar-refractivity contribution >= 4 is 21.9 Å². The highest BCUT2D eigenvalue weighted by molar-refractivity contribution is 6.01. The molecule has 0 unspecified atom stereocenters. The Morgan fingerprint density at radius 2 is 1.78 bits per heavy atom. The number of rotatable bonds is 3. The average molecular weight is 421 g/mol. The lowest BCUT2D eigenvalue weighted by Gasteiger charge is -2.05. The van der Waals surface area contributed by atoms with Crippen LogP contribution in [-0.2, 0) is 0 Å². The number of benzene rings is 2. The summed E-state index contributed by atoms with van der Waals surface area (Å²) in [6.07, 6.45) is 3.52. The zero-order valence-corrected chi connectivity index (χ0v) is 16.7. The van der Waals surface area contributed by atoms with E-state index >= 15 is 0 Å². The van der Waals surface area contributed by atoms with Crippen LogP contribution >= 0.6 is 0 Å². The lowest BCUT2D eigenvalue weighted by atomic mass is 10.0. The minimum atomic E-state index is -0.487. The number of phenols is 1. The molecule has 0 saturated carbocycles. The lowest BCUT2D eigenvalue weighted by molar-refractivity contribution is 0.469. The third kappa shape index (κ3) is 2.99. The zero-order valence-electron chi connectivity index (χ0n) is 16.7. The van der Waals surface area contributed by atoms with Gasteiger partial charge in [0.1, 0.15) is 17.3 Å². The van der Waals surface area contributed by atoms with Crippen LogP contribution in [0.5, 0.6) is 5.75 Å². The number of fused-ring (bicyclic) bond motifs is 2. The van der Waals surface area contributed by atoms with Crippen LogP contribution in [0.3, 0.4) is 0 Å². The average Bonchev–Trinajstić information content (AvgIpc) is 3.42. The highest BCUT2D eigenvalue weighted by atomic mass is 19.1. The van der Waals surface area contributed by atoms with Crippen LogP contribution in [0.1, 0.15) is 0 Å². The van der Waals surface area contributed by atoms with Gasteiger partial charge >= 0.3 is 0 Å². The molecule has 0 aliphatic rings. The van der Waals surface area contributed by atoms with Crippen molar-refractivity contribution in [3.05, 3.63) is 84.9 Å². The summed E-state index contributed by atoms with van der Waals surface area (Å²) >= 11 is 0. The van der Waals surface area contributed by atoms with Gasteiger partial charge in [0.05, 0.1) is 11.4 Å². The fourth-order valence-electron chi connectivity index (χ4n) is 4.05. The van der Waals surface area contributed by atoms with Crippen molar-refractivity contribution in [2.75, 3.05) is 0 Å². The molecule has 6 aromatic rings. The monoisotopic (exact) mass is 421 g/mol. The molecule has 0 saturated heterocycles. The standard InChI is InChI=1S/C25H16FN5O/c26-16-8-14(9-17(32)11-16)18-4-3-6-22-19(18)12-23(29-22)24-20-10-15(13-28-25(20)31-30-24)21-5-1-2-7-27-21/h1-13,29,32H,(H,28,30,31). The molecule has 6 rings (SSSR count). The molecule has 4 heterocycles. The molecule has 3 N–H and O–H groups in total. The number of H-pyrrole nitrogens is 2. The first-order valence-electron chi connectivity index (χ1n) is 10.0. The number of nitrogens with zero attached hydrogens (tertiary/aromatic N) is 3. The van der Waals surface area contributed by atoms with E-state index in [1.807, 2.05) is 48.5 Å². The fraction of sp³-hybridized carbons (Fsp3) is 0. The minimum Gasteiger partial charge on any atom is -0.508 e. The van der Waals surface area contributed by atoms with Gasteiger partial charge in [-0.2, -0.15) is 5.10 Å². The van der Waals surface area contributed by atoms with E-state index in [0.717, 1.165) is 50.6 Å². The molecule has 0 spiro atoms. The van der Waals surface area contributed by atoms with E-state index < -0.39 is 5.82 Å². The highest BCUT2D eigenvalue weighted by Gasteiger charge is 2.15. The van der Waals surface area contributed by atoms with Crippen molar-refractivity contribution in [3.8, 4) is 39.5 Å². The summed E-state index contributed by atoms with van der Waals surface area (Å²) in [7, 11) is 0. The predicted octanol–water partition coefficient (Wildman–Crippen LogP) is 5.68. The van der Waals surface area contributed by atoms with Crippen molar-refractivity contribution < 1.29 is 9.50 Å². The number of phenolic OH excluding ortho intramolecular Hbond substituents is 1. The molecule has 0 aliphatic carbocycles. The molecule has 0 bridgehead atoms. The van der Waals surface area contributed by atoms with E-state index in [4.69, 9.17) is 0 Å². The number of nitrogens with one attached hydrogen (secondary N) is 2. The summed E-state index contributed by atoms with van der Waals surface area (Å²) < 4.78 is 13.9. The molecule has 6 nitrogen and oxygen atoms in total. The second-order valence-corrected chi connectivity index (χ2v) is 7.56. The highest BCUT2D eigenvalue weighted by Crippen LogP contribution is 2.35. The van der Waals surface area contributed by atoms with E-state index in [0.29, 0.717) is 11.2 Å². The third-order valence-electron chi connectivity index (χ3n) is 5.49. The Morgan fingerprint density at radius 1 is 0.844 bits per heavy atom. The van der Waals surface area contributed by atoms with Crippen molar-refractivity contribution in [3.63, 3.8) is 0 Å². The van der Waals surface area contributed by atoms with Gasteiger partial charge < -0.3 is 10.1 Å². The van der Waals surface area contributed by atoms with Gasteiger partial charge in [0.25, 0.3) is 0 Å². The fourth-order valence-corrected chi connectivity index (χ4v) is 4.05. The van der Waals surface area contributed by atoms with Gasteiger partial charge in [0.2, 0.25) is 0 Å². The van der Waals surface area contributed by atoms with Crippen molar-refractivity contribution in [2.24, 2.45) is 0 Å². The number of hydrogen-bond donors (Lipinski definition) is 3. The molecule has 0 amide bonds. The van der Waals surface area contributed by atoms with Crippen molar-refractivity contribution in [1.82, 2.24) is 25.1 Å². The van der Waals surface area contributed by atoms with Crippen LogP contribution in [-0.4, -0.2) is 30.3 Å². The number of aromatic nitrogens is 5. The summed E-state index contributed by atoms with van der Waals surface area (Å²) in [5.74, 6) is -0.599. The number of pyridine rings is 2. The normalized spacial score (nSPS) is 11.4. The van der Waals surface area contributed by atoms with Gasteiger partial charge in [-0.25, -0.2) is 9.37 Å². The largest absolute Gasteiger partial charge is 0.508 e. The van der Waals surface area contributed by atoms with Crippen LogP contribution in [0.2, 0.25) is 0 Å². The molecule has 154 valence electrons. The lowest BCUT2D eigenvalue weighted by Crippen LogP contribution is -1.85. The molecule has 7 heteroatoms. The SMILES string of the molecule is Oc1cc(F)cc(-c2cccc3[nH]c(-c4n[nH]c5ncc(-c6ccccn6)cc45)cc23)c1. The Morgan fingerprint density at radius 3 is 2.62 bits per heavy atom. The van der Waals surface area contributed by atoms with Gasteiger partial charge in [0.15, 0.2) is 5.65 Å². The number of aromatic amines is 2. The maximum absolute atomic E-state index is 13.9. The van der Waals surface area contributed by atoms with Crippen molar-refractivity contribution in [2.45, 2.75) is 0 Å². The summed E-state index contributed by atoms with van der Waals surface area (Å²) in [6.45, 7) is 0.